The van der Waals surface area contributed by atoms with E-state index in [1.54, 1.807) is 19.1 Å². The van der Waals surface area contributed by atoms with E-state index in [0.29, 0.717) is 5.69 Å². The van der Waals surface area contributed by atoms with Crippen LogP contribution in [0.5, 0.6) is 0 Å². The molecular weight excluding hydrogens is 386 g/mol. The molecule has 1 aromatic rings. The highest BCUT2D eigenvalue weighted by Crippen LogP contribution is 2.20. The van der Waals surface area contributed by atoms with Crippen molar-refractivity contribution in [2.75, 3.05) is 24.2 Å². The van der Waals surface area contributed by atoms with Crippen LogP contribution in [-0.2, 0) is 14.4 Å². The van der Waals surface area contributed by atoms with Crippen molar-refractivity contribution >= 4 is 56.3 Å². The van der Waals surface area contributed by atoms with Crippen LogP contribution in [0.2, 0.25) is 0 Å². The monoisotopic (exact) mass is 399 g/mol. The normalized spacial score (nSPS) is 14.1. The lowest BCUT2D eigenvalue weighted by Gasteiger charge is -2.13. The number of nitrogens with one attached hydrogen (secondary N) is 2. The molecule has 1 saturated heterocycles. The van der Waals surface area contributed by atoms with E-state index in [1.807, 2.05) is 6.07 Å². The van der Waals surface area contributed by atoms with Gasteiger partial charge in [0.25, 0.3) is 5.24 Å². The quantitative estimate of drug-likeness (QED) is 0.748. The van der Waals surface area contributed by atoms with E-state index in [0.717, 1.165) is 26.7 Å². The van der Waals surface area contributed by atoms with Gasteiger partial charge in [-0.3, -0.25) is 24.1 Å². The van der Waals surface area contributed by atoms with E-state index in [4.69, 9.17) is 0 Å². The molecule has 4 amide bonds. The number of thioether (sulfide) groups is 1. The van der Waals surface area contributed by atoms with Crippen molar-refractivity contribution in [2.45, 2.75) is 6.92 Å². The summed E-state index contributed by atoms with van der Waals surface area (Å²) in [6.07, 6.45) is 0. The van der Waals surface area contributed by atoms with E-state index < -0.39 is 11.8 Å². The number of hydrogen-bond acceptors (Lipinski definition) is 5. The molecule has 1 heterocycles. The Balaban J connectivity index is 1.82. The SMILES string of the molecule is Cc1cc(Br)ccc1NC(=O)C(=O)NCCN1C(=O)CSC1=O. The molecule has 2 rings (SSSR count). The van der Waals surface area contributed by atoms with Crippen LogP contribution in [-0.4, -0.2) is 46.7 Å². The molecular formula is C14H14BrN3O4S. The van der Waals surface area contributed by atoms with Gasteiger partial charge in [-0.2, -0.15) is 0 Å². The average molecular weight is 400 g/mol. The molecule has 1 aliphatic heterocycles. The van der Waals surface area contributed by atoms with Gasteiger partial charge < -0.3 is 10.6 Å². The Bertz CT molecular complexity index is 664. The lowest BCUT2D eigenvalue weighted by atomic mass is 10.2. The molecule has 0 radical (unpaired) electrons. The number of halogens is 1. The maximum Gasteiger partial charge on any atom is 0.313 e. The molecule has 7 nitrogen and oxygen atoms in total. The number of carbonyl (C=O) groups is 4. The lowest BCUT2D eigenvalue weighted by molar-refractivity contribution is -0.136. The second kappa shape index (κ2) is 7.60. The summed E-state index contributed by atoms with van der Waals surface area (Å²) in [5.74, 6) is -1.79. The Labute approximate surface area is 145 Å². The molecule has 2 N–H and O–H groups in total. The Hall–Kier alpha value is -1.87. The third kappa shape index (κ3) is 4.55. The van der Waals surface area contributed by atoms with E-state index >= 15 is 0 Å². The number of nitrogens with zero attached hydrogens (tertiary/aromatic N) is 1. The number of benzene rings is 1. The number of imide groups is 1. The Morgan fingerprint density at radius 3 is 2.65 bits per heavy atom. The van der Waals surface area contributed by atoms with Crippen molar-refractivity contribution < 1.29 is 19.2 Å². The van der Waals surface area contributed by atoms with Gasteiger partial charge in [-0.05, 0) is 30.7 Å². The maximum atomic E-state index is 11.8. The topological polar surface area (TPSA) is 95.6 Å². The number of anilines is 1. The first-order chi connectivity index (χ1) is 10.9. The molecule has 0 spiro atoms. The largest absolute Gasteiger partial charge is 0.346 e. The predicted molar refractivity (Wildman–Crippen MR) is 90.1 cm³/mol. The average Bonchev–Trinajstić information content (AvgIpc) is 2.81. The summed E-state index contributed by atoms with van der Waals surface area (Å²) in [5.41, 5.74) is 1.35. The Morgan fingerprint density at radius 1 is 1.30 bits per heavy atom. The summed E-state index contributed by atoms with van der Waals surface area (Å²) in [6.45, 7) is 1.89. The van der Waals surface area contributed by atoms with Gasteiger partial charge in [0.1, 0.15) is 0 Å². The second-order valence-corrected chi connectivity index (χ2v) is 6.61. The summed E-state index contributed by atoms with van der Waals surface area (Å²) >= 11 is 4.24. The minimum absolute atomic E-state index is 0.0314. The molecule has 1 fully saturated rings. The van der Waals surface area contributed by atoms with Gasteiger partial charge in [0, 0.05) is 23.2 Å². The Kier molecular flexibility index (Phi) is 5.78. The molecule has 0 unspecified atom stereocenters. The van der Waals surface area contributed by atoms with E-state index in [-0.39, 0.29) is 30.0 Å². The van der Waals surface area contributed by atoms with Crippen LogP contribution in [0.1, 0.15) is 5.56 Å². The van der Waals surface area contributed by atoms with Gasteiger partial charge in [-0.15, -0.1) is 0 Å². The van der Waals surface area contributed by atoms with Crippen LogP contribution in [0, 0.1) is 6.92 Å². The first-order valence-corrected chi connectivity index (χ1v) is 8.49. The van der Waals surface area contributed by atoms with Crippen molar-refractivity contribution in [3.8, 4) is 0 Å². The molecule has 9 heteroatoms. The minimum atomic E-state index is -0.820. The summed E-state index contributed by atoms with van der Waals surface area (Å²) in [6, 6.07) is 5.25. The van der Waals surface area contributed by atoms with Crippen LogP contribution in [0.25, 0.3) is 0 Å². The zero-order valence-corrected chi connectivity index (χ0v) is 14.6. The smallest absolute Gasteiger partial charge is 0.313 e. The number of amides is 4. The molecule has 0 atom stereocenters. The highest BCUT2D eigenvalue weighted by Gasteiger charge is 2.29. The number of rotatable bonds is 4. The second-order valence-electron chi connectivity index (χ2n) is 4.77. The maximum absolute atomic E-state index is 11.8. The van der Waals surface area contributed by atoms with E-state index in [9.17, 15) is 19.2 Å². The lowest BCUT2D eigenvalue weighted by Crippen LogP contribution is -2.41. The van der Waals surface area contributed by atoms with Gasteiger partial charge in [-0.1, -0.05) is 27.7 Å². The minimum Gasteiger partial charge on any atom is -0.346 e. The molecule has 0 aliphatic carbocycles. The molecule has 1 aromatic carbocycles. The van der Waals surface area contributed by atoms with Gasteiger partial charge in [0.15, 0.2) is 0 Å². The van der Waals surface area contributed by atoms with E-state index in [1.165, 1.54) is 0 Å². The zero-order valence-electron chi connectivity index (χ0n) is 12.2. The van der Waals surface area contributed by atoms with Crippen molar-refractivity contribution in [1.82, 2.24) is 10.2 Å². The zero-order chi connectivity index (χ0) is 17.0. The summed E-state index contributed by atoms with van der Waals surface area (Å²) < 4.78 is 0.871. The number of aryl methyl sites for hydroxylation is 1. The molecule has 23 heavy (non-hydrogen) atoms. The van der Waals surface area contributed by atoms with Gasteiger partial charge in [0.2, 0.25) is 5.91 Å². The summed E-state index contributed by atoms with van der Waals surface area (Å²) in [4.78, 5) is 47.4. The summed E-state index contributed by atoms with van der Waals surface area (Å²) in [7, 11) is 0. The van der Waals surface area contributed by atoms with E-state index in [2.05, 4.69) is 26.6 Å². The van der Waals surface area contributed by atoms with Crippen molar-refractivity contribution in [2.24, 2.45) is 0 Å². The van der Waals surface area contributed by atoms with Crippen molar-refractivity contribution in [1.29, 1.82) is 0 Å². The molecule has 122 valence electrons. The third-order valence-electron chi connectivity index (χ3n) is 3.10. The van der Waals surface area contributed by atoms with Crippen LogP contribution in [0.15, 0.2) is 22.7 Å². The first-order valence-electron chi connectivity index (χ1n) is 6.71. The van der Waals surface area contributed by atoms with Crippen LogP contribution in [0.4, 0.5) is 10.5 Å². The van der Waals surface area contributed by atoms with Gasteiger partial charge in [-0.25, -0.2) is 0 Å². The summed E-state index contributed by atoms with van der Waals surface area (Å²) in [5, 5.41) is 4.56. The molecule has 0 saturated carbocycles. The molecule has 0 bridgehead atoms. The van der Waals surface area contributed by atoms with Crippen molar-refractivity contribution in [3.05, 3.63) is 28.2 Å². The van der Waals surface area contributed by atoms with Crippen LogP contribution in [0.3, 0.4) is 0 Å². The fourth-order valence-corrected chi connectivity index (χ4v) is 3.13. The highest BCUT2D eigenvalue weighted by atomic mass is 79.9. The predicted octanol–water partition coefficient (Wildman–Crippen LogP) is 1.51. The van der Waals surface area contributed by atoms with Crippen LogP contribution >= 0.6 is 27.7 Å². The van der Waals surface area contributed by atoms with Gasteiger partial charge in [0.05, 0.1) is 5.75 Å². The van der Waals surface area contributed by atoms with Crippen LogP contribution < -0.4 is 10.6 Å². The number of hydrogen-bond donors (Lipinski definition) is 2. The fraction of sp³-hybridized carbons (Fsp3) is 0.286. The first kappa shape index (κ1) is 17.5. The fourth-order valence-electron chi connectivity index (χ4n) is 1.91. The molecule has 1 aliphatic rings. The third-order valence-corrected chi connectivity index (χ3v) is 4.46. The molecule has 0 aromatic heterocycles. The Morgan fingerprint density at radius 2 is 2.04 bits per heavy atom. The van der Waals surface area contributed by atoms with Crippen molar-refractivity contribution in [3.63, 3.8) is 0 Å². The highest BCUT2D eigenvalue weighted by molar-refractivity contribution is 9.10. The number of carbonyl (C=O) groups excluding carboxylic acids is 4. The standard InChI is InChI=1S/C14H14BrN3O4S/c1-8-6-9(15)2-3-10(8)17-13(21)12(20)16-4-5-18-11(19)7-23-14(18)22/h2-3,6H,4-5,7H2,1H3,(H,16,20)(H,17,21). The van der Waals surface area contributed by atoms with Gasteiger partial charge >= 0.3 is 11.8 Å².